The minimum absolute atomic E-state index is 0.0784. The van der Waals surface area contributed by atoms with Gasteiger partial charge in [-0.3, -0.25) is 0 Å². The molecule has 6 rings (SSSR count). The molecule has 2 aromatic rings. The summed E-state index contributed by atoms with van der Waals surface area (Å²) in [4.78, 5) is 29.0. The maximum atomic E-state index is 12.6. The van der Waals surface area contributed by atoms with E-state index >= 15 is 0 Å². The zero-order valence-corrected chi connectivity index (χ0v) is 28.2. The highest BCUT2D eigenvalue weighted by Gasteiger charge is 2.45. The number of carbonyl (C=O) groups is 2. The topological polar surface area (TPSA) is 99.5 Å². The van der Waals surface area contributed by atoms with Crippen LogP contribution < -0.4 is 0 Å². The second-order valence-corrected chi connectivity index (χ2v) is 14.1. The van der Waals surface area contributed by atoms with Crippen LogP contribution in [0.15, 0.2) is 48.5 Å². The molecule has 0 unspecified atom stereocenters. The number of aryl methyl sites for hydroxylation is 2. The second kappa shape index (κ2) is 14.8. The lowest BCUT2D eigenvalue weighted by Gasteiger charge is -2.46. The van der Waals surface area contributed by atoms with Crippen LogP contribution in [0.3, 0.4) is 0 Å². The van der Waals surface area contributed by atoms with Crippen LogP contribution in [0.4, 0.5) is 9.59 Å². The molecule has 4 aliphatic rings. The summed E-state index contributed by atoms with van der Waals surface area (Å²) in [6.07, 6.45) is 8.75. The smallest absolute Gasteiger partial charge is 0.410 e. The molecule has 2 aromatic carbocycles. The average Bonchev–Trinajstić information content (AvgIpc) is 3.05. The summed E-state index contributed by atoms with van der Waals surface area (Å²) in [7, 11) is 0. The number of aliphatic hydroxyl groups is 2. The number of hydrogen-bond donors (Lipinski definition) is 2. The van der Waals surface area contributed by atoms with Gasteiger partial charge in [0.05, 0.1) is 24.3 Å². The zero-order chi connectivity index (χ0) is 32.9. The summed E-state index contributed by atoms with van der Waals surface area (Å²) in [6, 6.07) is 17.0. The van der Waals surface area contributed by atoms with Crippen molar-refractivity contribution in [3.8, 4) is 0 Å². The summed E-state index contributed by atoms with van der Waals surface area (Å²) in [5.41, 5.74) is 4.13. The number of amides is 2. The SMILES string of the molecule is CC[C@@H](c1ccc(C)cc1)N1CCC2(CCC(O)CC2)OC1=O.CC[C@@H](c1ccc(C)cc1)N1CCC2(CCC(O)CC2)OC1=O. The lowest BCUT2D eigenvalue weighted by molar-refractivity contribution is -0.0923. The van der Waals surface area contributed by atoms with E-state index in [-0.39, 0.29) is 47.7 Å². The maximum absolute atomic E-state index is 12.6. The van der Waals surface area contributed by atoms with Crippen LogP contribution in [0.1, 0.15) is 125 Å². The highest BCUT2D eigenvalue weighted by atomic mass is 16.6. The minimum atomic E-state index is -0.335. The number of nitrogens with zero attached hydrogens (tertiary/aromatic N) is 2. The first-order valence-electron chi connectivity index (χ1n) is 17.5. The Morgan fingerprint density at radius 3 is 1.24 bits per heavy atom. The van der Waals surface area contributed by atoms with Gasteiger partial charge in [0.1, 0.15) is 11.2 Å². The molecule has 8 nitrogen and oxygen atoms in total. The fourth-order valence-corrected chi connectivity index (χ4v) is 7.80. The Labute approximate surface area is 275 Å². The Morgan fingerprint density at radius 2 is 0.957 bits per heavy atom. The number of benzene rings is 2. The van der Waals surface area contributed by atoms with E-state index in [1.807, 2.05) is 9.80 Å². The van der Waals surface area contributed by atoms with E-state index in [9.17, 15) is 19.8 Å². The number of aliphatic hydroxyl groups excluding tert-OH is 2. The molecule has 0 radical (unpaired) electrons. The lowest BCUT2D eigenvalue weighted by Crippen LogP contribution is -2.52. The molecule has 2 N–H and O–H groups in total. The summed E-state index contributed by atoms with van der Waals surface area (Å²) >= 11 is 0. The average molecular weight is 635 g/mol. The van der Waals surface area contributed by atoms with E-state index in [2.05, 4.69) is 76.2 Å². The number of carbonyl (C=O) groups excluding carboxylic acids is 2. The monoisotopic (exact) mass is 634 g/mol. The van der Waals surface area contributed by atoms with Crippen molar-refractivity contribution in [2.75, 3.05) is 13.1 Å². The maximum Gasteiger partial charge on any atom is 0.410 e. The summed E-state index contributed by atoms with van der Waals surface area (Å²) < 4.78 is 11.8. The molecular weight excluding hydrogens is 580 g/mol. The first-order chi connectivity index (χ1) is 22.1. The zero-order valence-electron chi connectivity index (χ0n) is 28.2. The Kier molecular flexibility index (Phi) is 11.0. The predicted octanol–water partition coefficient (Wildman–Crippen LogP) is 7.92. The molecule has 2 heterocycles. The van der Waals surface area contributed by atoms with Gasteiger partial charge in [0.2, 0.25) is 0 Å². The largest absolute Gasteiger partial charge is 0.443 e. The molecule has 8 heteroatoms. The molecule has 2 amide bonds. The minimum Gasteiger partial charge on any atom is -0.443 e. The van der Waals surface area contributed by atoms with Gasteiger partial charge in [-0.25, -0.2) is 9.59 Å². The Bertz CT molecular complexity index is 1190. The predicted molar refractivity (Wildman–Crippen MR) is 178 cm³/mol. The van der Waals surface area contributed by atoms with Crippen molar-refractivity contribution in [3.63, 3.8) is 0 Å². The van der Waals surface area contributed by atoms with Gasteiger partial charge in [-0.1, -0.05) is 73.5 Å². The van der Waals surface area contributed by atoms with Gasteiger partial charge >= 0.3 is 12.2 Å². The van der Waals surface area contributed by atoms with Crippen molar-refractivity contribution in [1.29, 1.82) is 0 Å². The quantitative estimate of drug-likeness (QED) is 0.335. The normalized spacial score (nSPS) is 29.4. The van der Waals surface area contributed by atoms with Crippen LogP contribution in [-0.2, 0) is 9.47 Å². The number of hydrogen-bond acceptors (Lipinski definition) is 6. The van der Waals surface area contributed by atoms with Gasteiger partial charge < -0.3 is 29.5 Å². The van der Waals surface area contributed by atoms with Crippen LogP contribution in [0.5, 0.6) is 0 Å². The van der Waals surface area contributed by atoms with Crippen LogP contribution in [0, 0.1) is 13.8 Å². The molecule has 2 spiro atoms. The second-order valence-electron chi connectivity index (χ2n) is 14.1. The van der Waals surface area contributed by atoms with Crippen molar-refractivity contribution in [1.82, 2.24) is 9.80 Å². The fraction of sp³-hybridized carbons (Fsp3) is 0.632. The third kappa shape index (κ3) is 7.88. The molecule has 2 aliphatic carbocycles. The summed E-state index contributed by atoms with van der Waals surface area (Å²) in [5.74, 6) is 0. The third-order valence-corrected chi connectivity index (χ3v) is 10.9. The van der Waals surface area contributed by atoms with Crippen molar-refractivity contribution in [2.45, 2.75) is 140 Å². The van der Waals surface area contributed by atoms with Gasteiger partial charge in [0.15, 0.2) is 0 Å². The molecular formula is C38H54N2O6. The molecule has 0 bridgehead atoms. The third-order valence-electron chi connectivity index (χ3n) is 10.9. The Hall–Kier alpha value is -3.10. The highest BCUT2D eigenvalue weighted by molar-refractivity contribution is 5.70. The van der Waals surface area contributed by atoms with Crippen LogP contribution in [-0.4, -0.2) is 68.7 Å². The first-order valence-corrected chi connectivity index (χ1v) is 17.5. The van der Waals surface area contributed by atoms with Gasteiger partial charge in [-0.2, -0.15) is 0 Å². The fourth-order valence-electron chi connectivity index (χ4n) is 7.80. The van der Waals surface area contributed by atoms with Gasteiger partial charge in [0.25, 0.3) is 0 Å². The molecule has 0 aromatic heterocycles. The van der Waals surface area contributed by atoms with Crippen molar-refractivity contribution < 1.29 is 29.3 Å². The van der Waals surface area contributed by atoms with Crippen molar-refractivity contribution in [3.05, 3.63) is 70.8 Å². The van der Waals surface area contributed by atoms with E-state index in [0.29, 0.717) is 0 Å². The van der Waals surface area contributed by atoms with Gasteiger partial charge in [0, 0.05) is 25.9 Å². The Balaban J connectivity index is 0.000000181. The van der Waals surface area contributed by atoms with E-state index in [4.69, 9.17) is 9.47 Å². The number of rotatable bonds is 6. The highest BCUT2D eigenvalue weighted by Crippen LogP contribution is 2.41. The van der Waals surface area contributed by atoms with Crippen molar-refractivity contribution in [2.24, 2.45) is 0 Å². The molecule has 2 saturated carbocycles. The van der Waals surface area contributed by atoms with Crippen LogP contribution in [0.2, 0.25) is 0 Å². The first kappa shape index (κ1) is 34.2. The van der Waals surface area contributed by atoms with E-state index in [0.717, 1.165) is 90.1 Å². The summed E-state index contributed by atoms with van der Waals surface area (Å²) in [6.45, 7) is 9.84. The Morgan fingerprint density at radius 1 is 0.630 bits per heavy atom. The molecule has 2 atom stereocenters. The molecule has 2 aliphatic heterocycles. The van der Waals surface area contributed by atoms with Crippen LogP contribution in [0.25, 0.3) is 0 Å². The van der Waals surface area contributed by atoms with E-state index in [1.165, 1.54) is 22.3 Å². The molecule has 252 valence electrons. The van der Waals surface area contributed by atoms with Gasteiger partial charge in [-0.05, 0) is 89.2 Å². The molecule has 46 heavy (non-hydrogen) atoms. The van der Waals surface area contributed by atoms with Crippen LogP contribution >= 0.6 is 0 Å². The van der Waals surface area contributed by atoms with E-state index < -0.39 is 0 Å². The van der Waals surface area contributed by atoms with Gasteiger partial charge in [-0.15, -0.1) is 0 Å². The van der Waals surface area contributed by atoms with Crippen molar-refractivity contribution >= 4 is 12.2 Å². The molecule has 4 fully saturated rings. The molecule has 2 saturated heterocycles. The number of ether oxygens (including phenoxy) is 2. The van der Waals surface area contributed by atoms with E-state index in [1.54, 1.807) is 0 Å². The standard InChI is InChI=1S/2C19H27NO3/c2*1-3-17(15-6-4-14(2)5-7-15)20-13-12-19(23-18(20)22)10-8-16(21)9-11-19/h2*4-7,16-17,21H,3,8-13H2,1-2H3/t2*16?,17-,19?/m00/s1. The summed E-state index contributed by atoms with van der Waals surface area (Å²) in [5, 5.41) is 19.4. The lowest BCUT2D eigenvalue weighted by atomic mass is 9.80.